The number of hydrogen-bond acceptors (Lipinski definition) is 3. The lowest BCUT2D eigenvalue weighted by molar-refractivity contribution is -0.145. The predicted octanol–water partition coefficient (Wildman–Crippen LogP) is 1.63. The van der Waals surface area contributed by atoms with Gasteiger partial charge in [-0.05, 0) is 24.6 Å². The quantitative estimate of drug-likeness (QED) is 0.862. The number of hydrogen-bond donors (Lipinski definition) is 1. The van der Waals surface area contributed by atoms with Gasteiger partial charge in [0.05, 0.1) is 13.7 Å². The zero-order valence-electron chi connectivity index (χ0n) is 11.8. The summed E-state index contributed by atoms with van der Waals surface area (Å²) < 4.78 is 6.68. The van der Waals surface area contributed by atoms with Crippen LogP contribution in [-0.4, -0.2) is 29.6 Å². The lowest BCUT2D eigenvalue weighted by Gasteiger charge is -2.17. The molecule has 0 saturated heterocycles. The second-order valence-electron chi connectivity index (χ2n) is 4.75. The Hall–Kier alpha value is -2.30. The molecule has 5 nitrogen and oxygen atoms in total. The molecule has 1 amide bonds. The molecule has 0 aliphatic carbocycles. The lowest BCUT2D eigenvalue weighted by Crippen LogP contribution is -2.43. The van der Waals surface area contributed by atoms with Crippen LogP contribution >= 0.6 is 0 Å². The molecule has 1 unspecified atom stereocenters. The number of ether oxygens (including phenoxy) is 1. The van der Waals surface area contributed by atoms with E-state index in [1.807, 2.05) is 42.0 Å². The topological polar surface area (TPSA) is 60.3 Å². The van der Waals surface area contributed by atoms with Gasteiger partial charge in [0.15, 0.2) is 0 Å². The molecule has 0 spiro atoms. The molecule has 1 aromatic heterocycles. The highest BCUT2D eigenvalue weighted by Gasteiger charge is 2.21. The highest BCUT2D eigenvalue weighted by atomic mass is 16.5. The van der Waals surface area contributed by atoms with Gasteiger partial charge in [-0.1, -0.05) is 12.1 Å². The Balaban J connectivity index is 2.31. The highest BCUT2D eigenvalue weighted by Crippen LogP contribution is 2.19. The fourth-order valence-electron chi connectivity index (χ4n) is 2.30. The number of methoxy groups -OCH3 is 1. The van der Waals surface area contributed by atoms with Crippen molar-refractivity contribution in [1.82, 2.24) is 9.88 Å². The van der Waals surface area contributed by atoms with E-state index < -0.39 is 12.0 Å². The largest absolute Gasteiger partial charge is 0.467 e. The van der Waals surface area contributed by atoms with E-state index in [4.69, 9.17) is 4.74 Å². The third-order valence-electron chi connectivity index (χ3n) is 3.27. The van der Waals surface area contributed by atoms with Crippen molar-refractivity contribution in [3.8, 4) is 0 Å². The standard InChI is InChI=1S/C15H18N2O3/c1-10-5-4-6-14-12(10)7-8-17(14)9-13(15(19)20-3)16-11(2)18/h4-8,13H,9H2,1-3H3,(H,16,18). The molecular formula is C15H18N2O3. The van der Waals surface area contributed by atoms with Crippen LogP contribution < -0.4 is 5.32 Å². The first kappa shape index (κ1) is 14.1. The van der Waals surface area contributed by atoms with Crippen LogP contribution in [0.4, 0.5) is 0 Å². The van der Waals surface area contributed by atoms with Crippen molar-refractivity contribution in [3.63, 3.8) is 0 Å². The lowest BCUT2D eigenvalue weighted by atomic mass is 10.1. The van der Waals surface area contributed by atoms with Crippen molar-refractivity contribution in [2.24, 2.45) is 0 Å². The average molecular weight is 274 g/mol. The number of aryl methyl sites for hydroxylation is 1. The molecule has 2 rings (SSSR count). The van der Waals surface area contributed by atoms with Gasteiger partial charge >= 0.3 is 5.97 Å². The van der Waals surface area contributed by atoms with Crippen molar-refractivity contribution >= 4 is 22.8 Å². The molecule has 0 bridgehead atoms. The summed E-state index contributed by atoms with van der Waals surface area (Å²) in [6.45, 7) is 3.77. The van der Waals surface area contributed by atoms with Crippen LogP contribution in [0.1, 0.15) is 12.5 Å². The molecule has 1 N–H and O–H groups in total. The second kappa shape index (κ2) is 5.77. The van der Waals surface area contributed by atoms with Gasteiger partial charge in [-0.2, -0.15) is 0 Å². The molecule has 2 aromatic rings. The number of nitrogens with zero attached hydrogens (tertiary/aromatic N) is 1. The average Bonchev–Trinajstić information content (AvgIpc) is 2.81. The van der Waals surface area contributed by atoms with Gasteiger partial charge in [0, 0.05) is 24.0 Å². The summed E-state index contributed by atoms with van der Waals surface area (Å²) in [5, 5.41) is 3.75. The Bertz CT molecular complexity index is 646. The molecule has 0 saturated carbocycles. The van der Waals surface area contributed by atoms with Crippen molar-refractivity contribution in [2.75, 3.05) is 7.11 Å². The monoisotopic (exact) mass is 274 g/mol. The summed E-state index contributed by atoms with van der Waals surface area (Å²) in [6.07, 6.45) is 1.91. The zero-order chi connectivity index (χ0) is 14.7. The third kappa shape index (κ3) is 2.82. The van der Waals surface area contributed by atoms with Crippen LogP contribution in [0.2, 0.25) is 0 Å². The maximum Gasteiger partial charge on any atom is 0.330 e. The summed E-state index contributed by atoms with van der Waals surface area (Å²) in [7, 11) is 1.31. The second-order valence-corrected chi connectivity index (χ2v) is 4.75. The van der Waals surface area contributed by atoms with E-state index in [1.54, 1.807) is 0 Å². The van der Waals surface area contributed by atoms with Gasteiger partial charge < -0.3 is 14.6 Å². The number of fused-ring (bicyclic) bond motifs is 1. The van der Waals surface area contributed by atoms with Crippen molar-refractivity contribution in [1.29, 1.82) is 0 Å². The summed E-state index contributed by atoms with van der Waals surface area (Å²) in [5.41, 5.74) is 2.21. The molecule has 1 heterocycles. The molecule has 1 atom stereocenters. The Morgan fingerprint density at radius 1 is 1.35 bits per heavy atom. The Kier molecular flexibility index (Phi) is 4.08. The zero-order valence-corrected chi connectivity index (χ0v) is 11.8. The van der Waals surface area contributed by atoms with Crippen molar-refractivity contribution < 1.29 is 14.3 Å². The molecule has 5 heteroatoms. The molecule has 0 radical (unpaired) electrons. The highest BCUT2D eigenvalue weighted by molar-refractivity contribution is 5.85. The van der Waals surface area contributed by atoms with Crippen LogP contribution in [0.25, 0.3) is 10.9 Å². The minimum absolute atomic E-state index is 0.256. The maximum absolute atomic E-state index is 11.7. The molecular weight excluding hydrogens is 256 g/mol. The van der Waals surface area contributed by atoms with Gasteiger partial charge in [0.2, 0.25) is 5.91 Å². The molecule has 20 heavy (non-hydrogen) atoms. The van der Waals surface area contributed by atoms with Crippen LogP contribution in [0.15, 0.2) is 30.5 Å². The number of amides is 1. The number of carbonyl (C=O) groups is 2. The molecule has 1 aromatic carbocycles. The van der Waals surface area contributed by atoms with Gasteiger partial charge in [0.25, 0.3) is 0 Å². The number of rotatable bonds is 4. The maximum atomic E-state index is 11.7. The first-order valence-corrected chi connectivity index (χ1v) is 6.42. The third-order valence-corrected chi connectivity index (χ3v) is 3.27. The molecule has 0 aliphatic rings. The van der Waals surface area contributed by atoms with Gasteiger partial charge in [-0.15, -0.1) is 0 Å². The number of nitrogens with one attached hydrogen (secondary N) is 1. The SMILES string of the molecule is COC(=O)C(Cn1ccc2c(C)cccc21)NC(C)=O. The van der Waals surface area contributed by atoms with Crippen LogP contribution in [0.5, 0.6) is 0 Å². The van der Waals surface area contributed by atoms with E-state index in [0.717, 1.165) is 10.9 Å². The Labute approximate surface area is 117 Å². The fourth-order valence-corrected chi connectivity index (χ4v) is 2.30. The van der Waals surface area contributed by atoms with Gasteiger partial charge in [-0.25, -0.2) is 4.79 Å². The van der Waals surface area contributed by atoms with Crippen molar-refractivity contribution in [2.45, 2.75) is 26.4 Å². The van der Waals surface area contributed by atoms with E-state index in [9.17, 15) is 9.59 Å². The summed E-state index contributed by atoms with van der Waals surface area (Å²) in [5.74, 6) is -0.706. The first-order chi connectivity index (χ1) is 9.52. The van der Waals surface area contributed by atoms with Crippen molar-refractivity contribution in [3.05, 3.63) is 36.0 Å². The van der Waals surface area contributed by atoms with E-state index in [2.05, 4.69) is 5.32 Å². The summed E-state index contributed by atoms with van der Waals surface area (Å²) in [6, 6.07) is 7.32. The number of aromatic nitrogens is 1. The first-order valence-electron chi connectivity index (χ1n) is 6.42. The summed E-state index contributed by atoms with van der Waals surface area (Å²) in [4.78, 5) is 22.9. The van der Waals surface area contributed by atoms with Crippen LogP contribution in [0.3, 0.4) is 0 Å². The molecule has 106 valence electrons. The van der Waals surface area contributed by atoms with E-state index in [1.165, 1.54) is 19.6 Å². The Morgan fingerprint density at radius 2 is 2.10 bits per heavy atom. The Morgan fingerprint density at radius 3 is 2.75 bits per heavy atom. The number of benzene rings is 1. The summed E-state index contributed by atoms with van der Waals surface area (Å²) >= 11 is 0. The van der Waals surface area contributed by atoms with Crippen LogP contribution in [-0.2, 0) is 20.9 Å². The van der Waals surface area contributed by atoms with Crippen LogP contribution in [0, 0.1) is 6.92 Å². The van der Waals surface area contributed by atoms with Gasteiger partial charge in [0.1, 0.15) is 6.04 Å². The smallest absolute Gasteiger partial charge is 0.330 e. The normalized spacial score (nSPS) is 12.2. The molecule has 0 aliphatic heterocycles. The molecule has 0 fully saturated rings. The number of carbonyl (C=O) groups excluding carboxylic acids is 2. The number of esters is 1. The fraction of sp³-hybridized carbons (Fsp3) is 0.333. The minimum Gasteiger partial charge on any atom is -0.467 e. The predicted molar refractivity (Wildman–Crippen MR) is 76.3 cm³/mol. The van der Waals surface area contributed by atoms with Gasteiger partial charge in [-0.3, -0.25) is 4.79 Å². The van der Waals surface area contributed by atoms with E-state index in [-0.39, 0.29) is 5.91 Å². The van der Waals surface area contributed by atoms with E-state index in [0.29, 0.717) is 6.54 Å². The minimum atomic E-state index is -0.686. The van der Waals surface area contributed by atoms with E-state index >= 15 is 0 Å².